The lowest BCUT2D eigenvalue weighted by atomic mass is 10.2. The molecule has 0 N–H and O–H groups in total. The van der Waals surface area contributed by atoms with Crippen LogP contribution in [0.15, 0.2) is 33.7 Å². The van der Waals surface area contributed by atoms with Crippen LogP contribution in [0.3, 0.4) is 0 Å². The van der Waals surface area contributed by atoms with E-state index in [2.05, 4.69) is 5.16 Å². The van der Waals surface area contributed by atoms with E-state index in [1.54, 1.807) is 13.8 Å². The number of rotatable bonds is 2. The first-order valence-corrected chi connectivity index (χ1v) is 7.49. The number of para-hydroxylation sites is 1. The van der Waals surface area contributed by atoms with Crippen LogP contribution in [0.25, 0.3) is 0 Å². The van der Waals surface area contributed by atoms with E-state index in [0.717, 1.165) is 17.7 Å². The predicted octanol–water partition coefficient (Wildman–Crippen LogP) is 2.04. The molecule has 2 heterocycles. The van der Waals surface area contributed by atoms with Crippen LogP contribution >= 0.6 is 0 Å². The fraction of sp³-hybridized carbons (Fsp3) is 0.308. The number of fused-ring (bicyclic) bond motifs is 1. The summed E-state index contributed by atoms with van der Waals surface area (Å²) in [5.74, 6) is 0.335. The molecule has 0 aliphatic carbocycles. The molecule has 0 unspecified atom stereocenters. The molecule has 5 nitrogen and oxygen atoms in total. The third-order valence-electron chi connectivity index (χ3n) is 3.36. The maximum Gasteiger partial charge on any atom is 0.269 e. The quantitative estimate of drug-likeness (QED) is 0.843. The van der Waals surface area contributed by atoms with Gasteiger partial charge >= 0.3 is 0 Å². The van der Waals surface area contributed by atoms with Gasteiger partial charge in [0.2, 0.25) is 0 Å². The van der Waals surface area contributed by atoms with E-state index in [4.69, 9.17) is 4.52 Å². The summed E-state index contributed by atoms with van der Waals surface area (Å²) in [5, 5.41) is 3.73. The van der Waals surface area contributed by atoms with Crippen LogP contribution in [0, 0.1) is 13.8 Å². The highest BCUT2D eigenvalue weighted by Gasteiger charge is 2.34. The molecule has 1 aromatic carbocycles. The number of anilines is 1. The summed E-state index contributed by atoms with van der Waals surface area (Å²) in [7, 11) is -3.59. The Kier molecular flexibility index (Phi) is 2.63. The van der Waals surface area contributed by atoms with Gasteiger partial charge in [-0.25, -0.2) is 8.42 Å². The monoisotopic (exact) mass is 278 g/mol. The largest absolute Gasteiger partial charge is 0.360 e. The maximum absolute atomic E-state index is 12.7. The van der Waals surface area contributed by atoms with Crippen LogP contribution in [0.4, 0.5) is 5.69 Å². The Balaban J connectivity index is 2.14. The SMILES string of the molecule is Cc1noc(C)c1S(=O)(=O)N1CCc2ccccc21. The highest BCUT2D eigenvalue weighted by atomic mass is 32.2. The van der Waals surface area contributed by atoms with Crippen molar-refractivity contribution in [1.82, 2.24) is 5.16 Å². The topological polar surface area (TPSA) is 63.4 Å². The van der Waals surface area contributed by atoms with Crippen LogP contribution in [0.5, 0.6) is 0 Å². The van der Waals surface area contributed by atoms with Gasteiger partial charge in [0, 0.05) is 6.54 Å². The molecule has 1 aliphatic rings. The van der Waals surface area contributed by atoms with Crippen molar-refractivity contribution in [3.63, 3.8) is 0 Å². The Hall–Kier alpha value is -1.82. The summed E-state index contributed by atoms with van der Waals surface area (Å²) in [6.07, 6.45) is 0.735. The fourth-order valence-corrected chi connectivity index (χ4v) is 4.31. The standard InChI is InChI=1S/C13H14N2O3S/c1-9-13(10(2)18-14-9)19(16,17)15-8-7-11-5-3-4-6-12(11)15/h3-6H,7-8H2,1-2H3. The lowest BCUT2D eigenvalue weighted by Crippen LogP contribution is -2.29. The minimum atomic E-state index is -3.59. The second kappa shape index (κ2) is 4.09. The number of aromatic nitrogens is 1. The Morgan fingerprint density at radius 2 is 2.00 bits per heavy atom. The van der Waals surface area contributed by atoms with E-state index < -0.39 is 10.0 Å². The van der Waals surface area contributed by atoms with Crippen molar-refractivity contribution in [2.75, 3.05) is 10.8 Å². The molecular formula is C13H14N2O3S. The molecule has 6 heteroatoms. The van der Waals surface area contributed by atoms with Gasteiger partial charge in [0.1, 0.15) is 5.69 Å². The third-order valence-corrected chi connectivity index (χ3v) is 5.42. The molecule has 0 fully saturated rings. The minimum absolute atomic E-state index is 0.184. The average Bonchev–Trinajstić information content (AvgIpc) is 2.93. The first-order chi connectivity index (χ1) is 9.01. The zero-order chi connectivity index (χ0) is 13.6. The number of hydrogen-bond donors (Lipinski definition) is 0. The number of hydrogen-bond acceptors (Lipinski definition) is 4. The van der Waals surface area contributed by atoms with Crippen LogP contribution in [0.2, 0.25) is 0 Å². The molecule has 0 atom stereocenters. The lowest BCUT2D eigenvalue weighted by Gasteiger charge is -2.19. The van der Waals surface area contributed by atoms with Gasteiger partial charge in [0.25, 0.3) is 10.0 Å². The molecule has 1 aromatic heterocycles. The molecule has 0 saturated heterocycles. The molecule has 1 aliphatic heterocycles. The van der Waals surface area contributed by atoms with Crippen molar-refractivity contribution >= 4 is 15.7 Å². The van der Waals surface area contributed by atoms with E-state index in [9.17, 15) is 8.42 Å². The van der Waals surface area contributed by atoms with E-state index in [-0.39, 0.29) is 4.90 Å². The van der Waals surface area contributed by atoms with Crippen molar-refractivity contribution < 1.29 is 12.9 Å². The second-order valence-electron chi connectivity index (χ2n) is 4.61. The summed E-state index contributed by atoms with van der Waals surface area (Å²) < 4.78 is 31.9. The Labute approximate surface area is 111 Å². The number of nitrogens with zero attached hydrogens (tertiary/aromatic N) is 2. The summed E-state index contributed by atoms with van der Waals surface area (Å²) in [5.41, 5.74) is 2.21. The molecule has 100 valence electrons. The van der Waals surface area contributed by atoms with Gasteiger partial charge in [0.15, 0.2) is 10.7 Å². The molecule has 19 heavy (non-hydrogen) atoms. The summed E-state index contributed by atoms with van der Waals surface area (Å²) in [6, 6.07) is 7.56. The molecule has 3 rings (SSSR count). The highest BCUT2D eigenvalue weighted by Crippen LogP contribution is 2.34. The van der Waals surface area contributed by atoms with Crippen LogP contribution < -0.4 is 4.31 Å². The number of sulfonamides is 1. The maximum atomic E-state index is 12.7. The van der Waals surface area contributed by atoms with Crippen molar-refractivity contribution in [3.8, 4) is 0 Å². The number of benzene rings is 1. The molecule has 0 spiro atoms. The molecular weight excluding hydrogens is 264 g/mol. The van der Waals surface area contributed by atoms with Gasteiger partial charge in [-0.05, 0) is 31.9 Å². The lowest BCUT2D eigenvalue weighted by molar-refractivity contribution is 0.390. The number of aryl methyl sites for hydroxylation is 2. The van der Waals surface area contributed by atoms with E-state index >= 15 is 0 Å². The van der Waals surface area contributed by atoms with Crippen molar-refractivity contribution in [1.29, 1.82) is 0 Å². The molecule has 0 saturated carbocycles. The van der Waals surface area contributed by atoms with Crippen LogP contribution in [-0.4, -0.2) is 20.1 Å². The van der Waals surface area contributed by atoms with Crippen molar-refractivity contribution in [3.05, 3.63) is 41.3 Å². The van der Waals surface area contributed by atoms with E-state index in [0.29, 0.717) is 18.0 Å². The van der Waals surface area contributed by atoms with Gasteiger partial charge < -0.3 is 4.52 Å². The molecule has 0 amide bonds. The van der Waals surface area contributed by atoms with Gasteiger partial charge in [0.05, 0.1) is 5.69 Å². The van der Waals surface area contributed by atoms with E-state index in [1.807, 2.05) is 24.3 Å². The van der Waals surface area contributed by atoms with Crippen molar-refractivity contribution in [2.24, 2.45) is 0 Å². The second-order valence-corrected chi connectivity index (χ2v) is 6.41. The van der Waals surface area contributed by atoms with Crippen LogP contribution in [0.1, 0.15) is 17.0 Å². The minimum Gasteiger partial charge on any atom is -0.360 e. The van der Waals surface area contributed by atoms with Gasteiger partial charge in [-0.2, -0.15) is 0 Å². The van der Waals surface area contributed by atoms with E-state index in [1.165, 1.54) is 4.31 Å². The zero-order valence-corrected chi connectivity index (χ0v) is 11.6. The Morgan fingerprint density at radius 1 is 1.26 bits per heavy atom. The Morgan fingerprint density at radius 3 is 2.68 bits per heavy atom. The molecule has 2 aromatic rings. The summed E-state index contributed by atoms with van der Waals surface area (Å²) >= 11 is 0. The first kappa shape index (κ1) is 12.2. The highest BCUT2D eigenvalue weighted by molar-refractivity contribution is 7.93. The predicted molar refractivity (Wildman–Crippen MR) is 70.7 cm³/mol. The molecule has 0 radical (unpaired) electrons. The van der Waals surface area contributed by atoms with Gasteiger partial charge in [-0.15, -0.1) is 0 Å². The fourth-order valence-electron chi connectivity index (χ4n) is 2.51. The normalized spacial score (nSPS) is 14.7. The zero-order valence-electron chi connectivity index (χ0n) is 10.8. The smallest absolute Gasteiger partial charge is 0.269 e. The summed E-state index contributed by atoms with van der Waals surface area (Å²) in [4.78, 5) is 0.184. The average molecular weight is 278 g/mol. The third kappa shape index (κ3) is 1.74. The van der Waals surface area contributed by atoms with Gasteiger partial charge in [-0.3, -0.25) is 4.31 Å². The van der Waals surface area contributed by atoms with Crippen molar-refractivity contribution in [2.45, 2.75) is 25.2 Å². The van der Waals surface area contributed by atoms with Gasteiger partial charge in [-0.1, -0.05) is 23.4 Å². The molecule has 0 bridgehead atoms. The first-order valence-electron chi connectivity index (χ1n) is 6.05. The van der Waals surface area contributed by atoms with Crippen LogP contribution in [-0.2, 0) is 16.4 Å². The summed E-state index contributed by atoms with van der Waals surface area (Å²) in [6.45, 7) is 3.73. The Bertz CT molecular complexity index is 715.